The number of carbonyl (C=O) groups excluding carboxylic acids is 3. The van der Waals surface area contributed by atoms with Crippen LogP contribution in [0.15, 0.2) is 71.6 Å². The van der Waals surface area contributed by atoms with E-state index in [9.17, 15) is 18.8 Å². The summed E-state index contributed by atoms with van der Waals surface area (Å²) in [6, 6.07) is 16.6. The number of carbonyl (C=O) groups is 3. The molecule has 5 aromatic rings. The Bertz CT molecular complexity index is 2260. The van der Waals surface area contributed by atoms with Gasteiger partial charge in [0.25, 0.3) is 0 Å². The number of anilines is 3. The molecule has 0 aliphatic carbocycles. The number of aryl methyl sites for hydroxylation is 1. The van der Waals surface area contributed by atoms with Gasteiger partial charge >= 0.3 is 11.8 Å². The van der Waals surface area contributed by atoms with E-state index in [1.54, 1.807) is 6.07 Å². The zero-order valence-corrected chi connectivity index (χ0v) is 32.8. The van der Waals surface area contributed by atoms with E-state index in [1.807, 2.05) is 83.3 Å². The van der Waals surface area contributed by atoms with Crippen LogP contribution in [0.25, 0.3) is 11.3 Å². The molecular formula is C42H47FN10O4. The summed E-state index contributed by atoms with van der Waals surface area (Å²) < 4.78 is 20.2. The maximum atomic E-state index is 15.0. The smallest absolute Gasteiger partial charge is 0.315 e. The van der Waals surface area contributed by atoms with Crippen LogP contribution in [0.2, 0.25) is 0 Å². The molecule has 2 fully saturated rings. The van der Waals surface area contributed by atoms with Crippen LogP contribution >= 0.6 is 0 Å². The maximum absolute atomic E-state index is 15.0. The van der Waals surface area contributed by atoms with Crippen molar-refractivity contribution in [3.05, 3.63) is 107 Å². The normalized spacial score (nSPS) is 16.9. The Morgan fingerprint density at radius 2 is 1.81 bits per heavy atom. The molecule has 0 radical (unpaired) electrons. The number of hydrogen-bond donors (Lipinski definition) is 3. The fourth-order valence-corrected chi connectivity index (χ4v) is 7.16. The van der Waals surface area contributed by atoms with Crippen molar-refractivity contribution in [3.8, 4) is 11.3 Å². The van der Waals surface area contributed by atoms with Gasteiger partial charge in [0.2, 0.25) is 11.8 Å². The highest BCUT2D eigenvalue weighted by molar-refractivity contribution is 6.01. The zero-order valence-electron chi connectivity index (χ0n) is 32.8. The second-order valence-corrected chi connectivity index (χ2v) is 15.7. The van der Waals surface area contributed by atoms with Gasteiger partial charge in [0, 0.05) is 61.8 Å². The molecule has 296 valence electrons. The van der Waals surface area contributed by atoms with Gasteiger partial charge in [0.1, 0.15) is 23.8 Å². The van der Waals surface area contributed by atoms with Crippen molar-refractivity contribution in [2.75, 3.05) is 42.9 Å². The van der Waals surface area contributed by atoms with Gasteiger partial charge in [-0.1, -0.05) is 50.2 Å². The Morgan fingerprint density at radius 3 is 2.49 bits per heavy atom. The molecule has 0 bridgehead atoms. The van der Waals surface area contributed by atoms with Gasteiger partial charge in [0.05, 0.1) is 29.5 Å². The SMILES string of the molecule is Cc1cc(-c2cc(Nc3ccc(N4CCN(CCc5ccc(C6CCC(=O)NC6=O)c(F)c5)CC4)cn3)ncn2)ccc1[C@@H](C)NC(=O)c1nc(C(C)(C)C)no1. The van der Waals surface area contributed by atoms with Gasteiger partial charge in [0.15, 0.2) is 5.82 Å². The number of aromatic nitrogens is 5. The summed E-state index contributed by atoms with van der Waals surface area (Å²) in [4.78, 5) is 59.0. The molecule has 3 aromatic heterocycles. The summed E-state index contributed by atoms with van der Waals surface area (Å²) in [5.74, 6) is -0.512. The molecule has 7 rings (SSSR count). The van der Waals surface area contributed by atoms with Gasteiger partial charge in [-0.3, -0.25) is 24.6 Å². The first-order chi connectivity index (χ1) is 27.3. The molecule has 2 atom stereocenters. The number of imide groups is 1. The fraction of sp³-hybridized carbons (Fsp3) is 0.381. The Kier molecular flexibility index (Phi) is 11.4. The minimum absolute atomic E-state index is 0.0628. The van der Waals surface area contributed by atoms with Crippen molar-refractivity contribution >= 4 is 35.0 Å². The Morgan fingerprint density at radius 1 is 1.00 bits per heavy atom. The van der Waals surface area contributed by atoms with Crippen molar-refractivity contribution in [3.63, 3.8) is 0 Å². The summed E-state index contributed by atoms with van der Waals surface area (Å²) in [6.45, 7) is 14.0. The number of nitrogens with zero attached hydrogens (tertiary/aromatic N) is 7. The van der Waals surface area contributed by atoms with Gasteiger partial charge < -0.3 is 20.1 Å². The van der Waals surface area contributed by atoms with Crippen LogP contribution in [-0.2, 0) is 21.4 Å². The predicted octanol–water partition coefficient (Wildman–Crippen LogP) is 5.79. The van der Waals surface area contributed by atoms with Crippen LogP contribution < -0.4 is 20.9 Å². The van der Waals surface area contributed by atoms with Crippen LogP contribution in [0.4, 0.5) is 21.7 Å². The first-order valence-electron chi connectivity index (χ1n) is 19.2. The van der Waals surface area contributed by atoms with E-state index in [4.69, 9.17) is 4.52 Å². The topological polar surface area (TPSA) is 171 Å². The molecule has 2 aromatic carbocycles. The van der Waals surface area contributed by atoms with E-state index >= 15 is 0 Å². The van der Waals surface area contributed by atoms with E-state index in [2.05, 4.69) is 50.8 Å². The molecule has 5 heterocycles. The molecule has 0 spiro atoms. The molecule has 2 saturated heterocycles. The van der Waals surface area contributed by atoms with Crippen molar-refractivity contribution in [2.24, 2.45) is 0 Å². The number of hydrogen-bond acceptors (Lipinski definition) is 12. The summed E-state index contributed by atoms with van der Waals surface area (Å²) in [5.41, 5.74) is 5.51. The highest BCUT2D eigenvalue weighted by atomic mass is 19.1. The zero-order chi connectivity index (χ0) is 40.3. The molecule has 0 saturated carbocycles. The lowest BCUT2D eigenvalue weighted by Crippen LogP contribution is -2.47. The number of benzene rings is 2. The van der Waals surface area contributed by atoms with Crippen LogP contribution in [0.1, 0.15) is 91.3 Å². The predicted molar refractivity (Wildman–Crippen MR) is 212 cm³/mol. The first kappa shape index (κ1) is 39.2. The fourth-order valence-electron chi connectivity index (χ4n) is 7.16. The molecule has 2 aliphatic heterocycles. The largest absolute Gasteiger partial charge is 0.368 e. The number of nitrogens with one attached hydrogen (secondary N) is 3. The number of piperidine rings is 1. The lowest BCUT2D eigenvalue weighted by atomic mass is 9.89. The Hall–Kier alpha value is -6.09. The Balaban J connectivity index is 0.890. The number of pyridine rings is 1. The average molecular weight is 775 g/mol. The second-order valence-electron chi connectivity index (χ2n) is 15.7. The van der Waals surface area contributed by atoms with Gasteiger partial charge in [-0.2, -0.15) is 4.98 Å². The summed E-state index contributed by atoms with van der Waals surface area (Å²) in [5, 5.41) is 12.5. The highest BCUT2D eigenvalue weighted by Gasteiger charge is 2.30. The summed E-state index contributed by atoms with van der Waals surface area (Å²) >= 11 is 0. The van der Waals surface area contributed by atoms with Gasteiger partial charge in [-0.05, 0) is 67.6 Å². The van der Waals surface area contributed by atoms with Crippen molar-refractivity contribution in [1.29, 1.82) is 0 Å². The van der Waals surface area contributed by atoms with Crippen LogP contribution in [0.3, 0.4) is 0 Å². The van der Waals surface area contributed by atoms with Crippen LogP contribution in [0, 0.1) is 12.7 Å². The summed E-state index contributed by atoms with van der Waals surface area (Å²) in [7, 11) is 0. The van der Waals surface area contributed by atoms with E-state index in [0.29, 0.717) is 35.9 Å². The second kappa shape index (κ2) is 16.6. The molecule has 1 unspecified atom stereocenters. The van der Waals surface area contributed by atoms with E-state index in [-0.39, 0.29) is 29.7 Å². The molecule has 15 heteroatoms. The molecule has 3 N–H and O–H groups in total. The first-order valence-corrected chi connectivity index (χ1v) is 19.2. The highest BCUT2D eigenvalue weighted by Crippen LogP contribution is 2.29. The number of amides is 3. The number of halogens is 1. The number of rotatable bonds is 11. The molecule has 14 nitrogen and oxygen atoms in total. The van der Waals surface area contributed by atoms with E-state index < -0.39 is 23.5 Å². The molecule has 2 aliphatic rings. The lowest BCUT2D eigenvalue weighted by molar-refractivity contribution is -0.134. The summed E-state index contributed by atoms with van der Waals surface area (Å²) in [6.07, 6.45) is 4.62. The minimum Gasteiger partial charge on any atom is -0.368 e. The lowest BCUT2D eigenvalue weighted by Gasteiger charge is -2.36. The third-order valence-electron chi connectivity index (χ3n) is 10.5. The van der Waals surface area contributed by atoms with Crippen molar-refractivity contribution < 1.29 is 23.3 Å². The minimum atomic E-state index is -0.628. The monoisotopic (exact) mass is 774 g/mol. The van der Waals surface area contributed by atoms with Crippen molar-refractivity contribution in [1.82, 2.24) is 40.6 Å². The van der Waals surface area contributed by atoms with E-state index in [0.717, 1.165) is 66.4 Å². The van der Waals surface area contributed by atoms with Crippen molar-refractivity contribution in [2.45, 2.75) is 71.3 Å². The Labute approximate surface area is 330 Å². The van der Waals surface area contributed by atoms with Gasteiger partial charge in [-0.25, -0.2) is 19.3 Å². The van der Waals surface area contributed by atoms with Gasteiger partial charge in [-0.15, -0.1) is 0 Å². The average Bonchev–Trinajstić information content (AvgIpc) is 3.70. The standard InChI is InChI=1S/C42H47FN10O4/c1-25-20-28(7-10-30(25)26(2)47-39(56)40-50-41(51-57-40)42(3,4)5)34-22-36(46-24-45-34)48-35-12-8-29(23-44-35)53-18-16-52(17-19-53)15-14-27-6-9-31(33(43)21-27)32-11-13-37(54)49-38(32)55/h6-10,12,20-24,26,32H,11,13-19H2,1-5H3,(H,47,56)(H,49,54,55)(H,44,45,46,48)/t26-,32?/m1/s1. The number of piperazine rings is 1. The molecule has 3 amide bonds. The third kappa shape index (κ3) is 9.31. The third-order valence-corrected chi connectivity index (χ3v) is 10.5. The maximum Gasteiger partial charge on any atom is 0.315 e. The van der Waals surface area contributed by atoms with Crippen LogP contribution in [-0.4, -0.2) is 80.4 Å². The molecule has 57 heavy (non-hydrogen) atoms. The quantitative estimate of drug-likeness (QED) is 0.138. The molecular weight excluding hydrogens is 728 g/mol. The van der Waals surface area contributed by atoms with Crippen LogP contribution in [0.5, 0.6) is 0 Å². The van der Waals surface area contributed by atoms with E-state index in [1.165, 1.54) is 12.4 Å².